The highest BCUT2D eigenvalue weighted by Gasteiger charge is 2.13. The first kappa shape index (κ1) is 21.0. The molecule has 1 atom stereocenters. The van der Waals surface area contributed by atoms with E-state index in [1.54, 1.807) is 39.7 Å². The van der Waals surface area contributed by atoms with Gasteiger partial charge in [-0.25, -0.2) is 4.98 Å². The maximum absolute atomic E-state index is 5.45. The fraction of sp³-hybridized carbons (Fsp3) is 0.474. The van der Waals surface area contributed by atoms with Gasteiger partial charge in [0, 0.05) is 44.8 Å². The van der Waals surface area contributed by atoms with Crippen LogP contribution >= 0.6 is 11.3 Å². The van der Waals surface area contributed by atoms with Crippen LogP contribution in [0.4, 0.5) is 0 Å². The fourth-order valence-corrected chi connectivity index (χ4v) is 3.40. The summed E-state index contributed by atoms with van der Waals surface area (Å²) in [6.07, 6.45) is 0.00836. The number of benzene rings is 1. The summed E-state index contributed by atoms with van der Waals surface area (Å²) in [6.45, 7) is 3.24. The molecule has 1 aromatic carbocycles. The smallest absolute Gasteiger partial charge is 0.194 e. The van der Waals surface area contributed by atoms with E-state index < -0.39 is 0 Å². The molecule has 0 aliphatic rings. The molecule has 0 radical (unpaired) electrons. The molecule has 1 heterocycles. The lowest BCUT2D eigenvalue weighted by Gasteiger charge is -2.22. The number of nitrogens with zero attached hydrogens (tertiary/aromatic N) is 3. The normalized spacial score (nSPS) is 12.6. The zero-order valence-corrected chi connectivity index (χ0v) is 17.6. The van der Waals surface area contributed by atoms with Gasteiger partial charge >= 0.3 is 0 Å². The van der Waals surface area contributed by atoms with E-state index >= 15 is 0 Å². The standard InChI is InChI=1S/C19H28N4O3S/c1-13(24-4)18-22-15(12-27-18)11-23(3)19(20-2)21-10-14-7-8-16(25-5)9-17(14)26-6/h7-9,12-13H,10-11H2,1-6H3,(H,20,21). The van der Waals surface area contributed by atoms with E-state index in [1.165, 1.54) is 0 Å². The minimum absolute atomic E-state index is 0.00836. The third-order valence-corrected chi connectivity index (χ3v) is 5.23. The van der Waals surface area contributed by atoms with Crippen LogP contribution in [0.1, 0.15) is 29.3 Å². The molecule has 0 fully saturated rings. The molecule has 148 valence electrons. The Balaban J connectivity index is 1.99. The van der Waals surface area contributed by atoms with Crippen LogP contribution in [0.3, 0.4) is 0 Å². The van der Waals surface area contributed by atoms with Gasteiger partial charge in [-0.15, -0.1) is 11.3 Å². The molecule has 0 aliphatic heterocycles. The molecular weight excluding hydrogens is 364 g/mol. The minimum Gasteiger partial charge on any atom is -0.497 e. The Hall–Kier alpha value is -2.32. The number of ether oxygens (including phenoxy) is 3. The Labute approximate surface area is 165 Å². The Bertz CT molecular complexity index is 763. The van der Waals surface area contributed by atoms with Crippen LogP contribution in [0, 0.1) is 0 Å². The Morgan fingerprint density at radius 1 is 1.30 bits per heavy atom. The lowest BCUT2D eigenvalue weighted by atomic mass is 10.2. The molecule has 27 heavy (non-hydrogen) atoms. The monoisotopic (exact) mass is 392 g/mol. The molecule has 0 amide bonds. The summed E-state index contributed by atoms with van der Waals surface area (Å²) in [7, 11) is 8.74. The second kappa shape index (κ2) is 10.1. The second-order valence-corrected chi connectivity index (χ2v) is 6.88. The number of rotatable bonds is 8. The molecule has 2 rings (SSSR count). The lowest BCUT2D eigenvalue weighted by Crippen LogP contribution is -2.38. The highest BCUT2D eigenvalue weighted by atomic mass is 32.1. The van der Waals surface area contributed by atoms with Crippen LogP contribution < -0.4 is 14.8 Å². The molecular formula is C19H28N4O3S. The van der Waals surface area contributed by atoms with Crippen LogP contribution in [-0.2, 0) is 17.8 Å². The molecule has 1 aromatic heterocycles. The van der Waals surface area contributed by atoms with Crippen molar-refractivity contribution in [3.63, 3.8) is 0 Å². The van der Waals surface area contributed by atoms with Crippen molar-refractivity contribution in [1.29, 1.82) is 0 Å². The molecule has 0 bridgehead atoms. The molecule has 0 saturated heterocycles. The van der Waals surface area contributed by atoms with Crippen LogP contribution in [0.2, 0.25) is 0 Å². The quantitative estimate of drug-likeness (QED) is 0.550. The van der Waals surface area contributed by atoms with Crippen molar-refractivity contribution in [2.75, 3.05) is 35.4 Å². The first-order chi connectivity index (χ1) is 13.0. The number of aliphatic imine (C=N–C) groups is 1. The van der Waals surface area contributed by atoms with Crippen LogP contribution in [0.25, 0.3) is 0 Å². The van der Waals surface area contributed by atoms with E-state index in [2.05, 4.69) is 20.7 Å². The van der Waals surface area contributed by atoms with Gasteiger partial charge in [0.15, 0.2) is 5.96 Å². The fourth-order valence-electron chi connectivity index (χ4n) is 2.56. The average Bonchev–Trinajstić information content (AvgIpc) is 3.16. The Morgan fingerprint density at radius 3 is 2.70 bits per heavy atom. The molecule has 2 aromatic rings. The zero-order chi connectivity index (χ0) is 19.8. The summed E-state index contributed by atoms with van der Waals surface area (Å²) in [5.74, 6) is 2.32. The van der Waals surface area contributed by atoms with Crippen molar-refractivity contribution in [2.45, 2.75) is 26.1 Å². The number of nitrogens with one attached hydrogen (secondary N) is 1. The highest BCUT2D eigenvalue weighted by molar-refractivity contribution is 7.09. The van der Waals surface area contributed by atoms with Gasteiger partial charge in [0.1, 0.15) is 22.6 Å². The number of guanidine groups is 1. The third-order valence-electron chi connectivity index (χ3n) is 4.17. The van der Waals surface area contributed by atoms with Crippen LogP contribution in [-0.4, -0.2) is 51.3 Å². The number of hydrogen-bond acceptors (Lipinski definition) is 6. The predicted octanol–water partition coefficient (Wildman–Crippen LogP) is 3.08. The van der Waals surface area contributed by atoms with Crippen LogP contribution in [0.5, 0.6) is 11.5 Å². The SMILES string of the molecule is CN=C(NCc1ccc(OC)cc1OC)N(C)Cc1csc(C(C)OC)n1. The van der Waals surface area contributed by atoms with E-state index in [1.807, 2.05) is 37.1 Å². The van der Waals surface area contributed by atoms with Crippen molar-refractivity contribution < 1.29 is 14.2 Å². The summed E-state index contributed by atoms with van der Waals surface area (Å²) in [5.41, 5.74) is 2.02. The molecule has 8 heteroatoms. The first-order valence-electron chi connectivity index (χ1n) is 8.62. The highest BCUT2D eigenvalue weighted by Crippen LogP contribution is 2.24. The molecule has 7 nitrogen and oxygen atoms in total. The maximum atomic E-state index is 5.45. The van der Waals surface area contributed by atoms with Gasteiger partial charge in [-0.2, -0.15) is 0 Å². The van der Waals surface area contributed by atoms with Gasteiger partial charge in [0.25, 0.3) is 0 Å². The van der Waals surface area contributed by atoms with E-state index in [0.717, 1.165) is 33.7 Å². The largest absolute Gasteiger partial charge is 0.497 e. The zero-order valence-electron chi connectivity index (χ0n) is 16.8. The first-order valence-corrected chi connectivity index (χ1v) is 9.50. The van der Waals surface area contributed by atoms with Crippen molar-refractivity contribution in [1.82, 2.24) is 15.2 Å². The Kier molecular flexibility index (Phi) is 7.87. The van der Waals surface area contributed by atoms with Crippen molar-refractivity contribution in [2.24, 2.45) is 4.99 Å². The third kappa shape index (κ3) is 5.58. The van der Waals surface area contributed by atoms with Gasteiger partial charge in [-0.3, -0.25) is 4.99 Å². The van der Waals surface area contributed by atoms with Crippen molar-refractivity contribution >= 4 is 17.3 Å². The molecule has 1 N–H and O–H groups in total. The van der Waals surface area contributed by atoms with Gasteiger partial charge in [0.2, 0.25) is 0 Å². The maximum Gasteiger partial charge on any atom is 0.194 e. The summed E-state index contributed by atoms with van der Waals surface area (Å²) in [6, 6.07) is 5.77. The molecule has 0 saturated carbocycles. The molecule has 0 spiro atoms. The predicted molar refractivity (Wildman–Crippen MR) is 109 cm³/mol. The minimum atomic E-state index is 0.00836. The second-order valence-electron chi connectivity index (χ2n) is 5.99. The lowest BCUT2D eigenvalue weighted by molar-refractivity contribution is 0.119. The number of hydrogen-bond donors (Lipinski definition) is 1. The van der Waals surface area contributed by atoms with E-state index in [0.29, 0.717) is 13.1 Å². The van der Waals surface area contributed by atoms with Gasteiger partial charge < -0.3 is 24.4 Å². The van der Waals surface area contributed by atoms with E-state index in [4.69, 9.17) is 14.2 Å². The van der Waals surface area contributed by atoms with Crippen molar-refractivity contribution in [3.8, 4) is 11.5 Å². The topological polar surface area (TPSA) is 68.2 Å². The Morgan fingerprint density at radius 2 is 2.07 bits per heavy atom. The average molecular weight is 393 g/mol. The molecule has 1 unspecified atom stereocenters. The van der Waals surface area contributed by atoms with Crippen molar-refractivity contribution in [3.05, 3.63) is 39.8 Å². The molecule has 0 aliphatic carbocycles. The summed E-state index contributed by atoms with van der Waals surface area (Å²) in [5, 5.41) is 6.40. The van der Waals surface area contributed by atoms with E-state index in [9.17, 15) is 0 Å². The number of thiazole rings is 1. The van der Waals surface area contributed by atoms with Gasteiger partial charge in [-0.1, -0.05) is 0 Å². The number of methoxy groups -OCH3 is 3. The summed E-state index contributed by atoms with van der Waals surface area (Å²) in [4.78, 5) is 11.0. The van der Waals surface area contributed by atoms with Crippen LogP contribution in [0.15, 0.2) is 28.6 Å². The summed E-state index contributed by atoms with van der Waals surface area (Å²) >= 11 is 1.61. The van der Waals surface area contributed by atoms with Gasteiger partial charge in [0.05, 0.1) is 26.5 Å². The van der Waals surface area contributed by atoms with Gasteiger partial charge in [-0.05, 0) is 19.1 Å². The number of aromatic nitrogens is 1. The summed E-state index contributed by atoms with van der Waals surface area (Å²) < 4.78 is 16.0. The van der Waals surface area contributed by atoms with E-state index in [-0.39, 0.29) is 6.10 Å².